The average molecular weight is 130 g/mol. The first kappa shape index (κ1) is 7.43. The number of rotatable bonds is 2. The summed E-state index contributed by atoms with van der Waals surface area (Å²) < 4.78 is 0. The highest BCUT2D eigenvalue weighted by atomic mass is 32.1. The monoisotopic (exact) mass is 130 g/mol. The molecule has 3 heteroatoms. The summed E-state index contributed by atoms with van der Waals surface area (Å²) in [7, 11) is 1.81. The molecule has 0 saturated heterocycles. The van der Waals surface area contributed by atoms with Gasteiger partial charge in [0.25, 0.3) is 0 Å². The van der Waals surface area contributed by atoms with Gasteiger partial charge >= 0.3 is 0 Å². The van der Waals surface area contributed by atoms with E-state index in [1.54, 1.807) is 12.3 Å². The quantitative estimate of drug-likeness (QED) is 0.375. The fraction of sp³-hybridized carbons (Fsp3) is 0.200. The van der Waals surface area contributed by atoms with Crippen molar-refractivity contribution in [3.63, 3.8) is 0 Å². The van der Waals surface area contributed by atoms with Crippen LogP contribution < -0.4 is 11.1 Å². The lowest BCUT2D eigenvalue weighted by Gasteiger charge is -1.86. The van der Waals surface area contributed by atoms with Crippen molar-refractivity contribution in [2.24, 2.45) is 5.73 Å². The molecule has 0 bridgehead atoms. The summed E-state index contributed by atoms with van der Waals surface area (Å²) in [5.41, 5.74) is 5.96. The van der Waals surface area contributed by atoms with Crippen molar-refractivity contribution in [1.29, 1.82) is 0 Å². The highest BCUT2D eigenvalue weighted by Crippen LogP contribution is 1.86. The van der Waals surface area contributed by atoms with Gasteiger partial charge in [0.15, 0.2) is 0 Å². The highest BCUT2D eigenvalue weighted by molar-refractivity contribution is 7.83. The molecule has 0 rings (SSSR count). The van der Waals surface area contributed by atoms with Gasteiger partial charge in [-0.3, -0.25) is 0 Å². The Labute approximate surface area is 54.9 Å². The van der Waals surface area contributed by atoms with Crippen molar-refractivity contribution in [1.82, 2.24) is 5.32 Å². The Hall–Kier alpha value is -0.570. The van der Waals surface area contributed by atoms with Crippen LogP contribution in [0.2, 0.25) is 0 Å². The highest BCUT2D eigenvalue weighted by Gasteiger charge is 1.72. The first-order valence-corrected chi connectivity index (χ1v) is 2.76. The van der Waals surface area contributed by atoms with E-state index in [1.807, 2.05) is 7.05 Å². The van der Waals surface area contributed by atoms with E-state index in [1.165, 1.54) is 5.41 Å². The Bertz CT molecular complexity index is 107. The summed E-state index contributed by atoms with van der Waals surface area (Å²) in [5.74, 6) is 0. The molecule has 0 unspecified atom stereocenters. The number of nitrogens with two attached hydrogens (primary N) is 1. The number of nitrogens with one attached hydrogen (secondary N) is 1. The maximum Gasteiger partial charge on any atom is 0.0389 e. The van der Waals surface area contributed by atoms with E-state index in [2.05, 4.69) is 17.9 Å². The molecule has 0 fully saturated rings. The van der Waals surface area contributed by atoms with E-state index in [0.717, 1.165) is 0 Å². The van der Waals surface area contributed by atoms with Gasteiger partial charge in [-0.15, -0.1) is 12.6 Å². The minimum atomic E-state index is 0.641. The van der Waals surface area contributed by atoms with Crippen molar-refractivity contribution in [3.05, 3.63) is 23.4 Å². The van der Waals surface area contributed by atoms with Crippen LogP contribution in [0.3, 0.4) is 0 Å². The second kappa shape index (κ2) is 4.59. The van der Waals surface area contributed by atoms with Crippen molar-refractivity contribution < 1.29 is 0 Å². The first-order valence-electron chi connectivity index (χ1n) is 2.25. The van der Waals surface area contributed by atoms with E-state index in [0.29, 0.717) is 5.70 Å². The second-order valence-corrected chi connectivity index (χ2v) is 1.51. The zero-order valence-corrected chi connectivity index (χ0v) is 5.65. The Kier molecular flexibility index (Phi) is 4.26. The Morgan fingerprint density at radius 3 is 2.75 bits per heavy atom. The van der Waals surface area contributed by atoms with Gasteiger partial charge in [-0.2, -0.15) is 0 Å². The van der Waals surface area contributed by atoms with Gasteiger partial charge in [0.05, 0.1) is 0 Å². The molecule has 0 heterocycles. The van der Waals surface area contributed by atoms with E-state index in [-0.39, 0.29) is 0 Å². The van der Waals surface area contributed by atoms with Gasteiger partial charge < -0.3 is 11.1 Å². The Morgan fingerprint density at radius 1 is 1.75 bits per heavy atom. The molecule has 0 amide bonds. The van der Waals surface area contributed by atoms with E-state index < -0.39 is 0 Å². The Balaban J connectivity index is 3.53. The summed E-state index contributed by atoms with van der Waals surface area (Å²) in [4.78, 5) is 0. The van der Waals surface area contributed by atoms with Crippen LogP contribution in [-0.2, 0) is 0 Å². The Morgan fingerprint density at radius 2 is 2.38 bits per heavy atom. The lowest BCUT2D eigenvalue weighted by Crippen LogP contribution is -1.96. The van der Waals surface area contributed by atoms with Crippen LogP contribution in [0.4, 0.5) is 0 Å². The van der Waals surface area contributed by atoms with Gasteiger partial charge in [0, 0.05) is 12.7 Å². The third-order valence-corrected chi connectivity index (χ3v) is 0.890. The third-order valence-electron chi connectivity index (χ3n) is 0.592. The van der Waals surface area contributed by atoms with Crippen molar-refractivity contribution in [2.45, 2.75) is 0 Å². The largest absolute Gasteiger partial charge is 0.398 e. The van der Waals surface area contributed by atoms with Crippen molar-refractivity contribution in [2.75, 3.05) is 7.05 Å². The minimum absolute atomic E-state index is 0.641. The molecule has 0 aliphatic carbocycles. The molecule has 3 N–H and O–H groups in total. The van der Waals surface area contributed by atoms with Crippen molar-refractivity contribution in [3.8, 4) is 0 Å². The van der Waals surface area contributed by atoms with E-state index >= 15 is 0 Å². The average Bonchev–Trinajstić information content (AvgIpc) is 1.83. The van der Waals surface area contributed by atoms with Gasteiger partial charge in [-0.1, -0.05) is 0 Å². The molecular weight excluding hydrogens is 120 g/mol. The number of allylic oxidation sites excluding steroid dienone is 1. The van der Waals surface area contributed by atoms with Crippen LogP contribution in [0, 0.1) is 0 Å². The molecule has 0 spiro atoms. The van der Waals surface area contributed by atoms with Crippen LogP contribution in [0.15, 0.2) is 23.4 Å². The summed E-state index contributed by atoms with van der Waals surface area (Å²) in [6.07, 6.45) is 3.47. The fourth-order valence-electron chi connectivity index (χ4n) is 0.223. The maximum absolute atomic E-state index is 5.32. The van der Waals surface area contributed by atoms with Crippen molar-refractivity contribution >= 4 is 12.6 Å². The molecule has 2 nitrogen and oxygen atoms in total. The topological polar surface area (TPSA) is 38.0 Å². The molecular formula is C5H10N2S. The molecule has 46 valence electrons. The van der Waals surface area contributed by atoms with Gasteiger partial charge in [-0.25, -0.2) is 0 Å². The predicted octanol–water partition coefficient (Wildman–Crippen LogP) is 0.449. The van der Waals surface area contributed by atoms with Gasteiger partial charge in [-0.05, 0) is 17.7 Å². The number of hydrogen-bond donors (Lipinski definition) is 3. The lowest BCUT2D eigenvalue weighted by atomic mass is 10.5. The van der Waals surface area contributed by atoms with E-state index in [9.17, 15) is 0 Å². The third kappa shape index (κ3) is 3.61. The zero-order chi connectivity index (χ0) is 6.41. The molecule has 0 radical (unpaired) electrons. The molecule has 0 aromatic heterocycles. The predicted molar refractivity (Wildman–Crippen MR) is 39.5 cm³/mol. The lowest BCUT2D eigenvalue weighted by molar-refractivity contribution is 1.10. The molecule has 8 heavy (non-hydrogen) atoms. The van der Waals surface area contributed by atoms with Crippen LogP contribution in [0.1, 0.15) is 0 Å². The zero-order valence-electron chi connectivity index (χ0n) is 4.76. The normalized spacial score (nSPS) is 12.5. The van der Waals surface area contributed by atoms with Crippen LogP contribution in [0.25, 0.3) is 0 Å². The summed E-state index contributed by atoms with van der Waals surface area (Å²) in [6, 6.07) is 0. The first-order chi connectivity index (χ1) is 3.81. The molecule has 0 aromatic carbocycles. The maximum atomic E-state index is 5.32. The van der Waals surface area contributed by atoms with Gasteiger partial charge in [0.2, 0.25) is 0 Å². The molecule has 0 atom stereocenters. The SMILES string of the molecule is CN/C=C\C(N)=C/S. The smallest absolute Gasteiger partial charge is 0.0389 e. The molecule has 0 aromatic rings. The fourth-order valence-corrected chi connectivity index (χ4v) is 0.309. The van der Waals surface area contributed by atoms with E-state index in [4.69, 9.17) is 5.73 Å². The summed E-state index contributed by atoms with van der Waals surface area (Å²) in [6.45, 7) is 0. The summed E-state index contributed by atoms with van der Waals surface area (Å²) in [5, 5.41) is 4.33. The molecule has 0 aliphatic rings. The van der Waals surface area contributed by atoms with Gasteiger partial charge in [0.1, 0.15) is 0 Å². The van der Waals surface area contributed by atoms with Crippen LogP contribution in [0.5, 0.6) is 0 Å². The second-order valence-electron chi connectivity index (χ2n) is 1.25. The standard InChI is InChI=1S/C5H10N2S/c1-7-3-2-5(6)4-8/h2-4,7-8H,6H2,1H3/b3-2-,5-4+. The molecule has 0 saturated carbocycles. The van der Waals surface area contributed by atoms with Crippen LogP contribution in [-0.4, -0.2) is 7.05 Å². The van der Waals surface area contributed by atoms with Crippen LogP contribution >= 0.6 is 12.6 Å². The summed E-state index contributed by atoms with van der Waals surface area (Å²) >= 11 is 3.82. The molecule has 0 aliphatic heterocycles. The minimum Gasteiger partial charge on any atom is -0.398 e. The number of hydrogen-bond acceptors (Lipinski definition) is 3. The number of thiol groups is 1.